The molecule has 3 N–H and O–H groups in total. The minimum atomic E-state index is 0.635. The van der Waals surface area contributed by atoms with Crippen LogP contribution in [0.4, 0.5) is 0 Å². The second-order valence-corrected chi connectivity index (χ2v) is 4.97. The second kappa shape index (κ2) is 11.4. The lowest BCUT2D eigenvalue weighted by Crippen LogP contribution is -2.15. The van der Waals surface area contributed by atoms with Crippen LogP contribution in [0.2, 0.25) is 0 Å². The summed E-state index contributed by atoms with van der Waals surface area (Å²) in [5, 5.41) is 3.10. The maximum Gasteiger partial charge on any atom is 0.117 e. The van der Waals surface area contributed by atoms with Gasteiger partial charge in [-0.1, -0.05) is 39.2 Å². The number of allylic oxidation sites excluding steroid dienone is 3. The van der Waals surface area contributed by atoms with E-state index in [-0.39, 0.29) is 0 Å². The van der Waals surface area contributed by atoms with Crippen molar-refractivity contribution in [3.8, 4) is 0 Å². The third kappa shape index (κ3) is 7.27. The van der Waals surface area contributed by atoms with E-state index in [4.69, 9.17) is 10.5 Å². The molecule has 116 valence electrons. The molecule has 0 aliphatic rings. The first-order valence-corrected chi connectivity index (χ1v) is 7.73. The summed E-state index contributed by atoms with van der Waals surface area (Å²) in [7, 11) is 1.87. The zero-order chi connectivity index (χ0) is 15.4. The lowest BCUT2D eigenvalue weighted by Gasteiger charge is -2.17. The Kier molecular flexibility index (Phi) is 10.7. The number of nitrogens with one attached hydrogen (secondary N) is 1. The van der Waals surface area contributed by atoms with E-state index < -0.39 is 0 Å². The number of nitrogens with two attached hydrogens (primary N) is 1. The average molecular weight is 280 g/mol. The van der Waals surface area contributed by atoms with Crippen LogP contribution in [-0.4, -0.2) is 13.7 Å². The first-order chi connectivity index (χ1) is 9.62. The van der Waals surface area contributed by atoms with Gasteiger partial charge in [-0.05, 0) is 32.3 Å². The van der Waals surface area contributed by atoms with Crippen LogP contribution in [0.15, 0.2) is 35.4 Å². The van der Waals surface area contributed by atoms with Crippen molar-refractivity contribution in [2.24, 2.45) is 11.7 Å². The fourth-order valence-corrected chi connectivity index (χ4v) is 1.92. The van der Waals surface area contributed by atoms with Crippen LogP contribution in [0.1, 0.15) is 53.4 Å². The summed E-state index contributed by atoms with van der Waals surface area (Å²) in [6.07, 6.45) is 10.7. The molecule has 0 rings (SSSR count). The van der Waals surface area contributed by atoms with Crippen LogP contribution in [0, 0.1) is 5.92 Å². The van der Waals surface area contributed by atoms with Gasteiger partial charge in [0.1, 0.15) is 5.76 Å². The highest BCUT2D eigenvalue weighted by Crippen LogP contribution is 2.16. The molecule has 0 aromatic heterocycles. The molecule has 3 nitrogen and oxygen atoms in total. The Hall–Kier alpha value is -1.38. The van der Waals surface area contributed by atoms with Crippen LogP contribution >= 0.6 is 0 Å². The average Bonchev–Trinajstić information content (AvgIpc) is 2.49. The van der Waals surface area contributed by atoms with E-state index in [1.54, 1.807) is 0 Å². The maximum absolute atomic E-state index is 5.93. The first-order valence-electron chi connectivity index (χ1n) is 7.73. The molecule has 0 heterocycles. The Morgan fingerprint density at radius 1 is 1.25 bits per heavy atom. The van der Waals surface area contributed by atoms with E-state index in [0.29, 0.717) is 5.92 Å². The lowest BCUT2D eigenvalue weighted by atomic mass is 10.0. The predicted octanol–water partition coefficient (Wildman–Crippen LogP) is 4.09. The van der Waals surface area contributed by atoms with Crippen molar-refractivity contribution in [2.45, 2.75) is 53.4 Å². The molecule has 0 fully saturated rings. The molecule has 0 amide bonds. The van der Waals surface area contributed by atoms with E-state index in [2.05, 4.69) is 19.2 Å². The third-order valence-electron chi connectivity index (χ3n) is 3.49. The molecule has 0 saturated heterocycles. The van der Waals surface area contributed by atoms with Crippen molar-refractivity contribution in [2.75, 3.05) is 13.7 Å². The summed E-state index contributed by atoms with van der Waals surface area (Å²) in [5.74, 6) is 1.50. The van der Waals surface area contributed by atoms with Gasteiger partial charge in [0.2, 0.25) is 0 Å². The second-order valence-electron chi connectivity index (χ2n) is 4.97. The molecule has 1 atom stereocenters. The molecule has 3 heteroatoms. The van der Waals surface area contributed by atoms with Gasteiger partial charge in [0, 0.05) is 13.1 Å². The van der Waals surface area contributed by atoms with Crippen molar-refractivity contribution in [3.05, 3.63) is 35.4 Å². The third-order valence-corrected chi connectivity index (χ3v) is 3.49. The summed E-state index contributed by atoms with van der Waals surface area (Å²) in [6, 6.07) is 0. The smallest absolute Gasteiger partial charge is 0.117 e. The summed E-state index contributed by atoms with van der Waals surface area (Å²) in [4.78, 5) is 0. The Labute approximate surface area is 125 Å². The topological polar surface area (TPSA) is 47.3 Å². The van der Waals surface area contributed by atoms with E-state index >= 15 is 0 Å². The van der Waals surface area contributed by atoms with E-state index in [9.17, 15) is 0 Å². The van der Waals surface area contributed by atoms with Gasteiger partial charge < -0.3 is 15.8 Å². The van der Waals surface area contributed by atoms with Crippen LogP contribution in [0.25, 0.3) is 0 Å². The van der Waals surface area contributed by atoms with Gasteiger partial charge >= 0.3 is 0 Å². The minimum Gasteiger partial charge on any atom is -0.494 e. The van der Waals surface area contributed by atoms with Gasteiger partial charge in [0.05, 0.1) is 18.0 Å². The number of ether oxygens (including phenoxy) is 1. The molecule has 0 aromatic rings. The summed E-state index contributed by atoms with van der Waals surface area (Å²) in [5.41, 5.74) is 7.55. The highest BCUT2D eigenvalue weighted by molar-refractivity contribution is 5.31. The SMILES string of the molecule is C/C=C(N)/C(=C/C(=C\C)OCC(CC)CCCC)NC. The Morgan fingerprint density at radius 2 is 1.95 bits per heavy atom. The van der Waals surface area contributed by atoms with E-state index in [1.165, 1.54) is 19.3 Å². The molecular formula is C17H32N2O. The minimum absolute atomic E-state index is 0.635. The monoisotopic (exact) mass is 280 g/mol. The summed E-state index contributed by atoms with van der Waals surface area (Å²) < 4.78 is 5.93. The van der Waals surface area contributed by atoms with Crippen LogP contribution in [-0.2, 0) is 4.74 Å². The van der Waals surface area contributed by atoms with Crippen molar-refractivity contribution >= 4 is 0 Å². The van der Waals surface area contributed by atoms with Gasteiger partial charge in [-0.3, -0.25) is 0 Å². The molecule has 0 aliphatic carbocycles. The highest BCUT2D eigenvalue weighted by atomic mass is 16.5. The highest BCUT2D eigenvalue weighted by Gasteiger charge is 2.08. The Bertz CT molecular complexity index is 343. The number of unbranched alkanes of at least 4 members (excludes halogenated alkanes) is 1. The van der Waals surface area contributed by atoms with Crippen LogP contribution < -0.4 is 11.1 Å². The quantitative estimate of drug-likeness (QED) is 0.468. The lowest BCUT2D eigenvalue weighted by molar-refractivity contribution is 0.164. The molecular weight excluding hydrogens is 248 g/mol. The van der Waals surface area contributed by atoms with Crippen molar-refractivity contribution in [1.82, 2.24) is 5.32 Å². The van der Waals surface area contributed by atoms with Gasteiger partial charge in [0.15, 0.2) is 0 Å². The van der Waals surface area contributed by atoms with Crippen molar-refractivity contribution in [1.29, 1.82) is 0 Å². The predicted molar refractivity (Wildman–Crippen MR) is 88.1 cm³/mol. The van der Waals surface area contributed by atoms with Gasteiger partial charge in [0.25, 0.3) is 0 Å². The zero-order valence-electron chi connectivity index (χ0n) is 13.8. The number of hydrogen-bond donors (Lipinski definition) is 2. The largest absolute Gasteiger partial charge is 0.494 e. The van der Waals surface area contributed by atoms with E-state index in [0.717, 1.165) is 30.2 Å². The number of likely N-dealkylation sites (N-methyl/N-ethyl adjacent to an activating group) is 1. The molecule has 0 radical (unpaired) electrons. The molecule has 1 unspecified atom stereocenters. The fourth-order valence-electron chi connectivity index (χ4n) is 1.92. The molecule has 0 aliphatic heterocycles. The number of hydrogen-bond acceptors (Lipinski definition) is 3. The molecule has 0 spiro atoms. The molecule has 0 aromatic carbocycles. The maximum atomic E-state index is 5.93. The zero-order valence-corrected chi connectivity index (χ0v) is 13.8. The van der Waals surface area contributed by atoms with Crippen LogP contribution in [0.5, 0.6) is 0 Å². The fraction of sp³-hybridized carbons (Fsp3) is 0.647. The first kappa shape index (κ1) is 18.6. The normalized spacial score (nSPS) is 15.2. The van der Waals surface area contributed by atoms with Crippen molar-refractivity contribution in [3.63, 3.8) is 0 Å². The van der Waals surface area contributed by atoms with E-state index in [1.807, 2.05) is 39.1 Å². The van der Waals surface area contributed by atoms with Gasteiger partial charge in [-0.2, -0.15) is 0 Å². The van der Waals surface area contributed by atoms with Crippen molar-refractivity contribution < 1.29 is 4.74 Å². The van der Waals surface area contributed by atoms with Gasteiger partial charge in [-0.15, -0.1) is 0 Å². The Morgan fingerprint density at radius 3 is 2.40 bits per heavy atom. The standard InChI is InChI=1S/C17H32N2O/c1-6-10-11-14(7-2)13-20-15(8-3)12-17(19-5)16(18)9-4/h8-9,12,14,19H,6-7,10-11,13,18H2,1-5H3/b15-8+,16-9-,17-12-. The van der Waals surface area contributed by atoms with Gasteiger partial charge in [-0.25, -0.2) is 0 Å². The van der Waals surface area contributed by atoms with Crippen LogP contribution in [0.3, 0.4) is 0 Å². The summed E-state index contributed by atoms with van der Waals surface area (Å²) >= 11 is 0. The molecule has 0 saturated carbocycles. The Balaban J connectivity index is 4.59. The number of rotatable bonds is 10. The summed E-state index contributed by atoms with van der Waals surface area (Å²) in [6.45, 7) is 9.14. The molecule has 0 bridgehead atoms. The molecule has 20 heavy (non-hydrogen) atoms.